The molecule has 1 unspecified atom stereocenters. The second kappa shape index (κ2) is 6.50. The topological polar surface area (TPSA) is 49.3 Å². The van der Waals surface area contributed by atoms with Gasteiger partial charge in [0.2, 0.25) is 5.91 Å². The number of hydrogen-bond donors (Lipinski definition) is 2. The summed E-state index contributed by atoms with van der Waals surface area (Å²) in [6, 6.07) is 0. The predicted octanol–water partition coefficient (Wildman–Crippen LogP) is 1.80. The lowest BCUT2D eigenvalue weighted by Gasteiger charge is -2.30. The molecule has 0 saturated carbocycles. The molecule has 1 atom stereocenters. The van der Waals surface area contributed by atoms with Gasteiger partial charge in [0, 0.05) is 12.0 Å². The Bertz CT molecular complexity index is 215. The van der Waals surface area contributed by atoms with E-state index in [0.29, 0.717) is 6.54 Å². The van der Waals surface area contributed by atoms with Gasteiger partial charge in [-0.3, -0.25) is 4.79 Å². The summed E-state index contributed by atoms with van der Waals surface area (Å²) < 4.78 is 0. The number of thioether (sulfide) groups is 1. The van der Waals surface area contributed by atoms with Crippen LogP contribution in [-0.4, -0.2) is 35.2 Å². The van der Waals surface area contributed by atoms with E-state index < -0.39 is 0 Å². The lowest BCUT2D eigenvalue weighted by atomic mass is 9.83. The van der Waals surface area contributed by atoms with Crippen molar-refractivity contribution in [1.82, 2.24) is 5.32 Å². The van der Waals surface area contributed by atoms with Crippen molar-refractivity contribution < 1.29 is 9.90 Å². The van der Waals surface area contributed by atoms with Gasteiger partial charge in [0.15, 0.2) is 0 Å². The molecular formula is C12H23NO2S. The summed E-state index contributed by atoms with van der Waals surface area (Å²) in [5, 5.41) is 12.5. The number of amides is 1. The first-order chi connectivity index (χ1) is 7.67. The number of aliphatic hydroxyl groups is 1. The SMILES string of the molecule is CCC(CC)(CO)CNC(=O)C1CCCS1. The number of hydrogen-bond acceptors (Lipinski definition) is 3. The van der Waals surface area contributed by atoms with Crippen LogP contribution in [0, 0.1) is 5.41 Å². The van der Waals surface area contributed by atoms with Gasteiger partial charge in [-0.1, -0.05) is 13.8 Å². The Kier molecular flexibility index (Phi) is 5.62. The molecule has 0 aliphatic carbocycles. The third-order valence-electron chi connectivity index (χ3n) is 3.70. The van der Waals surface area contributed by atoms with E-state index in [2.05, 4.69) is 19.2 Å². The van der Waals surface area contributed by atoms with Crippen molar-refractivity contribution in [3.8, 4) is 0 Å². The summed E-state index contributed by atoms with van der Waals surface area (Å²) in [7, 11) is 0. The third-order valence-corrected chi connectivity index (χ3v) is 5.07. The van der Waals surface area contributed by atoms with Gasteiger partial charge in [0.05, 0.1) is 11.9 Å². The molecule has 0 bridgehead atoms. The number of rotatable bonds is 6. The van der Waals surface area contributed by atoms with E-state index in [9.17, 15) is 9.90 Å². The molecule has 16 heavy (non-hydrogen) atoms. The van der Waals surface area contributed by atoms with Gasteiger partial charge >= 0.3 is 0 Å². The summed E-state index contributed by atoms with van der Waals surface area (Å²) in [4.78, 5) is 11.8. The van der Waals surface area contributed by atoms with Crippen LogP contribution >= 0.6 is 11.8 Å². The van der Waals surface area contributed by atoms with Crippen LogP contribution in [0.4, 0.5) is 0 Å². The summed E-state index contributed by atoms with van der Waals surface area (Å²) in [5.74, 6) is 1.26. The Balaban J connectivity index is 2.39. The van der Waals surface area contributed by atoms with Crippen LogP contribution < -0.4 is 5.32 Å². The van der Waals surface area contributed by atoms with Gasteiger partial charge in [-0.25, -0.2) is 0 Å². The van der Waals surface area contributed by atoms with E-state index in [1.807, 2.05) is 0 Å². The van der Waals surface area contributed by atoms with E-state index in [0.717, 1.165) is 31.4 Å². The minimum atomic E-state index is -0.126. The molecule has 0 spiro atoms. The number of aliphatic hydroxyl groups excluding tert-OH is 1. The fourth-order valence-electron chi connectivity index (χ4n) is 1.95. The molecule has 1 aliphatic rings. The second-order valence-corrected chi connectivity index (χ2v) is 5.90. The Morgan fingerprint density at radius 3 is 2.62 bits per heavy atom. The van der Waals surface area contributed by atoms with Crippen LogP contribution in [0.3, 0.4) is 0 Å². The smallest absolute Gasteiger partial charge is 0.233 e. The molecule has 1 aliphatic heterocycles. The first-order valence-corrected chi connectivity index (χ1v) is 7.22. The van der Waals surface area contributed by atoms with Crippen molar-refractivity contribution in [2.24, 2.45) is 5.41 Å². The highest BCUT2D eigenvalue weighted by atomic mass is 32.2. The third kappa shape index (κ3) is 3.39. The van der Waals surface area contributed by atoms with Gasteiger partial charge in [-0.2, -0.15) is 0 Å². The largest absolute Gasteiger partial charge is 0.396 e. The van der Waals surface area contributed by atoms with Crippen molar-refractivity contribution in [2.45, 2.75) is 44.8 Å². The highest BCUT2D eigenvalue weighted by Gasteiger charge is 2.28. The first kappa shape index (κ1) is 13.8. The molecule has 1 heterocycles. The van der Waals surface area contributed by atoms with E-state index >= 15 is 0 Å². The molecule has 1 rings (SSSR count). The fraction of sp³-hybridized carbons (Fsp3) is 0.917. The predicted molar refractivity (Wildman–Crippen MR) is 68.6 cm³/mol. The van der Waals surface area contributed by atoms with Crippen molar-refractivity contribution in [1.29, 1.82) is 0 Å². The van der Waals surface area contributed by atoms with Crippen LogP contribution in [0.5, 0.6) is 0 Å². The van der Waals surface area contributed by atoms with Gasteiger partial charge in [-0.15, -0.1) is 11.8 Å². The highest BCUT2D eigenvalue weighted by molar-refractivity contribution is 8.00. The maximum Gasteiger partial charge on any atom is 0.233 e. The van der Waals surface area contributed by atoms with Crippen LogP contribution in [0.2, 0.25) is 0 Å². The lowest BCUT2D eigenvalue weighted by Crippen LogP contribution is -2.42. The molecule has 1 amide bonds. The minimum Gasteiger partial charge on any atom is -0.396 e. The molecule has 0 aromatic rings. The van der Waals surface area contributed by atoms with Crippen molar-refractivity contribution in [2.75, 3.05) is 18.9 Å². The van der Waals surface area contributed by atoms with Crippen molar-refractivity contribution in [3.05, 3.63) is 0 Å². The summed E-state index contributed by atoms with van der Waals surface area (Å²) in [6.45, 7) is 4.89. The molecule has 1 fully saturated rings. The number of carbonyl (C=O) groups excluding carboxylic acids is 1. The van der Waals surface area contributed by atoms with Gasteiger partial charge in [0.25, 0.3) is 0 Å². The maximum atomic E-state index is 11.8. The lowest BCUT2D eigenvalue weighted by molar-refractivity contribution is -0.121. The number of nitrogens with one attached hydrogen (secondary N) is 1. The van der Waals surface area contributed by atoms with E-state index in [1.165, 1.54) is 0 Å². The Morgan fingerprint density at radius 2 is 2.19 bits per heavy atom. The molecule has 94 valence electrons. The Hall–Kier alpha value is -0.220. The Morgan fingerprint density at radius 1 is 1.50 bits per heavy atom. The average Bonchev–Trinajstić information content (AvgIpc) is 2.85. The highest BCUT2D eigenvalue weighted by Crippen LogP contribution is 2.27. The molecular weight excluding hydrogens is 222 g/mol. The summed E-state index contributed by atoms with van der Waals surface area (Å²) in [5.41, 5.74) is -0.126. The molecule has 4 heteroatoms. The molecule has 3 nitrogen and oxygen atoms in total. The van der Waals surface area contributed by atoms with Crippen molar-refractivity contribution >= 4 is 17.7 Å². The first-order valence-electron chi connectivity index (χ1n) is 6.17. The molecule has 0 aromatic heterocycles. The zero-order chi connectivity index (χ0) is 12.0. The molecule has 2 N–H and O–H groups in total. The maximum absolute atomic E-state index is 11.8. The van der Waals surface area contributed by atoms with E-state index in [-0.39, 0.29) is 23.2 Å². The van der Waals surface area contributed by atoms with Crippen molar-refractivity contribution in [3.63, 3.8) is 0 Å². The van der Waals surface area contributed by atoms with Gasteiger partial charge in [-0.05, 0) is 31.4 Å². The van der Waals surface area contributed by atoms with Gasteiger partial charge in [0.1, 0.15) is 0 Å². The molecule has 0 aromatic carbocycles. The van der Waals surface area contributed by atoms with Gasteiger partial charge < -0.3 is 10.4 Å². The zero-order valence-electron chi connectivity index (χ0n) is 10.3. The number of carbonyl (C=O) groups is 1. The minimum absolute atomic E-state index is 0.126. The Labute approximate surface area is 102 Å². The molecule has 1 saturated heterocycles. The summed E-state index contributed by atoms with van der Waals surface area (Å²) >= 11 is 1.75. The average molecular weight is 245 g/mol. The quantitative estimate of drug-likeness (QED) is 0.750. The second-order valence-electron chi connectivity index (χ2n) is 4.58. The normalized spacial score (nSPS) is 21.1. The van der Waals surface area contributed by atoms with Crippen LogP contribution in [0.15, 0.2) is 0 Å². The standard InChI is InChI=1S/C12H23NO2S/c1-3-12(4-2,9-14)8-13-11(15)10-6-5-7-16-10/h10,14H,3-9H2,1-2H3,(H,13,15). The van der Waals surface area contributed by atoms with Crippen LogP contribution in [0.1, 0.15) is 39.5 Å². The fourth-order valence-corrected chi connectivity index (χ4v) is 3.14. The zero-order valence-corrected chi connectivity index (χ0v) is 11.1. The van der Waals surface area contributed by atoms with Crippen LogP contribution in [-0.2, 0) is 4.79 Å². The van der Waals surface area contributed by atoms with E-state index in [4.69, 9.17) is 0 Å². The van der Waals surface area contributed by atoms with E-state index in [1.54, 1.807) is 11.8 Å². The monoisotopic (exact) mass is 245 g/mol. The summed E-state index contributed by atoms with van der Waals surface area (Å²) in [6.07, 6.45) is 3.95. The molecule has 0 radical (unpaired) electrons. The van der Waals surface area contributed by atoms with Crippen LogP contribution in [0.25, 0.3) is 0 Å².